The number of hydrogen-bond acceptors (Lipinski definition) is 3. The number of halogens is 1. The Morgan fingerprint density at radius 1 is 1.05 bits per heavy atom. The highest BCUT2D eigenvalue weighted by molar-refractivity contribution is 9.10. The van der Waals surface area contributed by atoms with Gasteiger partial charge in [-0.3, -0.25) is 9.59 Å². The predicted molar refractivity (Wildman–Crippen MR) is 89.5 cm³/mol. The number of carbonyl (C=O) groups is 2. The van der Waals surface area contributed by atoms with E-state index < -0.39 is 5.97 Å². The van der Waals surface area contributed by atoms with Gasteiger partial charge in [0.2, 0.25) is 0 Å². The summed E-state index contributed by atoms with van der Waals surface area (Å²) in [5.41, 5.74) is 2.75. The van der Waals surface area contributed by atoms with E-state index in [2.05, 4.69) is 21.2 Å². The summed E-state index contributed by atoms with van der Waals surface area (Å²) in [5, 5.41) is 11.9. The highest BCUT2D eigenvalue weighted by Gasteiger charge is 2.13. The molecular formula is C17H16BrNO3. The fourth-order valence-electron chi connectivity index (χ4n) is 2.21. The normalized spacial score (nSPS) is 10.3. The number of Topliss-reactive ketones (excluding diaryl/α,β-unsaturated/α-hetero) is 1. The van der Waals surface area contributed by atoms with Crippen molar-refractivity contribution in [3.63, 3.8) is 0 Å². The molecule has 0 aliphatic heterocycles. The Kier molecular flexibility index (Phi) is 5.33. The van der Waals surface area contributed by atoms with Crippen LogP contribution in [0.2, 0.25) is 0 Å². The maximum atomic E-state index is 12.5. The molecule has 0 saturated heterocycles. The highest BCUT2D eigenvalue weighted by Crippen LogP contribution is 2.20. The molecule has 0 aliphatic carbocycles. The molecule has 5 heteroatoms. The van der Waals surface area contributed by atoms with Crippen LogP contribution in [-0.4, -0.2) is 23.9 Å². The first-order valence-electron chi connectivity index (χ1n) is 6.79. The molecule has 0 saturated carbocycles. The molecule has 2 aromatic rings. The van der Waals surface area contributed by atoms with Crippen molar-refractivity contribution < 1.29 is 14.7 Å². The number of carboxylic acids is 1. The van der Waals surface area contributed by atoms with Gasteiger partial charge in [-0.2, -0.15) is 0 Å². The Hall–Kier alpha value is -2.14. The van der Waals surface area contributed by atoms with Crippen LogP contribution in [0, 0.1) is 0 Å². The van der Waals surface area contributed by atoms with E-state index in [1.165, 1.54) is 0 Å². The van der Waals surface area contributed by atoms with Gasteiger partial charge < -0.3 is 10.4 Å². The molecule has 0 heterocycles. The SMILES string of the molecule is CNc1ccc(CC(=O)O)cc1C(=O)Cc1ccc(Br)cc1. The number of anilines is 1. The second-order valence-corrected chi connectivity index (χ2v) is 5.84. The fraction of sp³-hybridized carbons (Fsp3) is 0.176. The molecule has 0 radical (unpaired) electrons. The first kappa shape index (κ1) is 16.2. The molecule has 0 aliphatic rings. The summed E-state index contributed by atoms with van der Waals surface area (Å²) in [6, 6.07) is 12.7. The van der Waals surface area contributed by atoms with E-state index in [0.29, 0.717) is 16.8 Å². The first-order valence-corrected chi connectivity index (χ1v) is 7.59. The molecule has 0 bridgehead atoms. The molecule has 22 heavy (non-hydrogen) atoms. The monoisotopic (exact) mass is 361 g/mol. The zero-order valence-electron chi connectivity index (χ0n) is 12.1. The highest BCUT2D eigenvalue weighted by atomic mass is 79.9. The van der Waals surface area contributed by atoms with Gasteiger partial charge in [0.05, 0.1) is 6.42 Å². The zero-order chi connectivity index (χ0) is 16.1. The predicted octanol–water partition coefficient (Wildman–Crippen LogP) is 3.54. The minimum atomic E-state index is -0.913. The number of nitrogens with one attached hydrogen (secondary N) is 1. The Bertz CT molecular complexity index is 696. The second kappa shape index (κ2) is 7.22. The minimum Gasteiger partial charge on any atom is -0.481 e. The van der Waals surface area contributed by atoms with Crippen molar-refractivity contribution in [1.82, 2.24) is 0 Å². The van der Waals surface area contributed by atoms with Crippen LogP contribution in [0.3, 0.4) is 0 Å². The molecule has 0 spiro atoms. The first-order chi connectivity index (χ1) is 10.5. The average molecular weight is 362 g/mol. The van der Waals surface area contributed by atoms with Crippen molar-refractivity contribution in [3.05, 3.63) is 63.6 Å². The lowest BCUT2D eigenvalue weighted by molar-refractivity contribution is -0.136. The van der Waals surface area contributed by atoms with Gasteiger partial charge in [-0.05, 0) is 35.4 Å². The third-order valence-corrected chi connectivity index (χ3v) is 3.82. The van der Waals surface area contributed by atoms with Gasteiger partial charge in [-0.1, -0.05) is 34.1 Å². The summed E-state index contributed by atoms with van der Waals surface area (Å²) in [5.74, 6) is -0.956. The second-order valence-electron chi connectivity index (χ2n) is 4.93. The molecule has 0 unspecified atom stereocenters. The lowest BCUT2D eigenvalue weighted by Crippen LogP contribution is -2.09. The van der Waals surface area contributed by atoms with Crippen molar-refractivity contribution in [1.29, 1.82) is 0 Å². The number of hydrogen-bond donors (Lipinski definition) is 2. The third kappa shape index (κ3) is 4.18. The lowest BCUT2D eigenvalue weighted by Gasteiger charge is -2.10. The Balaban J connectivity index is 2.26. The quantitative estimate of drug-likeness (QED) is 0.772. The van der Waals surface area contributed by atoms with Crippen molar-refractivity contribution in [2.24, 2.45) is 0 Å². The molecule has 0 amide bonds. The number of aliphatic carboxylic acids is 1. The van der Waals surface area contributed by atoms with Crippen molar-refractivity contribution in [2.75, 3.05) is 12.4 Å². The third-order valence-electron chi connectivity index (χ3n) is 3.29. The van der Waals surface area contributed by atoms with Crippen molar-refractivity contribution >= 4 is 33.4 Å². The van der Waals surface area contributed by atoms with Gasteiger partial charge in [-0.15, -0.1) is 0 Å². The molecule has 2 rings (SSSR count). The molecule has 0 aromatic heterocycles. The lowest BCUT2D eigenvalue weighted by atomic mass is 9.98. The van der Waals surface area contributed by atoms with Crippen molar-refractivity contribution in [3.8, 4) is 0 Å². The van der Waals surface area contributed by atoms with E-state index in [9.17, 15) is 9.59 Å². The Morgan fingerprint density at radius 3 is 2.27 bits per heavy atom. The maximum absolute atomic E-state index is 12.5. The number of rotatable bonds is 6. The standard InChI is InChI=1S/C17H16BrNO3/c1-19-15-7-4-12(10-17(21)22)8-14(15)16(20)9-11-2-5-13(18)6-3-11/h2-8,19H,9-10H2,1H3,(H,21,22). The summed E-state index contributed by atoms with van der Waals surface area (Å²) in [6.07, 6.45) is 0.182. The van der Waals surface area contributed by atoms with E-state index in [4.69, 9.17) is 5.11 Å². The molecule has 2 N–H and O–H groups in total. The summed E-state index contributed by atoms with van der Waals surface area (Å²) in [6.45, 7) is 0. The topological polar surface area (TPSA) is 66.4 Å². The summed E-state index contributed by atoms with van der Waals surface area (Å²) in [7, 11) is 1.74. The zero-order valence-corrected chi connectivity index (χ0v) is 13.7. The minimum absolute atomic E-state index is 0.0427. The van der Waals surface area contributed by atoms with E-state index >= 15 is 0 Å². The van der Waals surface area contributed by atoms with E-state index in [1.54, 1.807) is 25.2 Å². The number of carbonyl (C=O) groups excluding carboxylic acids is 1. The molecule has 4 nitrogen and oxygen atoms in total. The summed E-state index contributed by atoms with van der Waals surface area (Å²) in [4.78, 5) is 23.3. The van der Waals surface area contributed by atoms with Crippen molar-refractivity contribution in [2.45, 2.75) is 12.8 Å². The van der Waals surface area contributed by atoms with E-state index in [0.717, 1.165) is 10.0 Å². The maximum Gasteiger partial charge on any atom is 0.307 e. The molecule has 2 aromatic carbocycles. The van der Waals surface area contributed by atoms with E-state index in [1.807, 2.05) is 24.3 Å². The molecule has 0 fully saturated rings. The van der Waals surface area contributed by atoms with Gasteiger partial charge >= 0.3 is 5.97 Å². The molecular weight excluding hydrogens is 346 g/mol. The van der Waals surface area contributed by atoms with Gasteiger partial charge in [0.1, 0.15) is 0 Å². The van der Waals surface area contributed by atoms with Gasteiger partial charge in [0.25, 0.3) is 0 Å². The summed E-state index contributed by atoms with van der Waals surface area (Å²) < 4.78 is 0.961. The molecule has 0 atom stereocenters. The van der Waals surface area contributed by atoms with Crippen LogP contribution < -0.4 is 5.32 Å². The smallest absolute Gasteiger partial charge is 0.307 e. The Morgan fingerprint density at radius 2 is 1.68 bits per heavy atom. The van der Waals surface area contributed by atoms with Crippen LogP contribution in [0.15, 0.2) is 46.9 Å². The van der Waals surface area contributed by atoms with Gasteiger partial charge in [0, 0.05) is 29.2 Å². The van der Waals surface area contributed by atoms with Gasteiger partial charge in [0.15, 0.2) is 5.78 Å². The average Bonchev–Trinajstić information content (AvgIpc) is 2.49. The number of benzene rings is 2. The van der Waals surface area contributed by atoms with Crippen LogP contribution in [0.5, 0.6) is 0 Å². The van der Waals surface area contributed by atoms with Crippen LogP contribution in [-0.2, 0) is 17.6 Å². The Labute approximate surface area is 137 Å². The van der Waals surface area contributed by atoms with Crippen LogP contribution in [0.1, 0.15) is 21.5 Å². The number of carboxylic acid groups (broad SMARTS) is 1. The van der Waals surface area contributed by atoms with Gasteiger partial charge in [-0.25, -0.2) is 0 Å². The molecule has 114 valence electrons. The largest absolute Gasteiger partial charge is 0.481 e. The van der Waals surface area contributed by atoms with Crippen LogP contribution in [0.4, 0.5) is 5.69 Å². The number of ketones is 1. The van der Waals surface area contributed by atoms with E-state index in [-0.39, 0.29) is 18.6 Å². The van der Waals surface area contributed by atoms with Crippen LogP contribution >= 0.6 is 15.9 Å². The summed E-state index contributed by atoms with van der Waals surface area (Å²) >= 11 is 3.36. The van der Waals surface area contributed by atoms with Crippen LogP contribution in [0.25, 0.3) is 0 Å². The fourth-order valence-corrected chi connectivity index (χ4v) is 2.47.